The van der Waals surface area contributed by atoms with Gasteiger partial charge in [-0.1, -0.05) is 13.8 Å². The molecule has 5 nitrogen and oxygen atoms in total. The predicted octanol–water partition coefficient (Wildman–Crippen LogP) is -0.152. The number of carboxylic acids is 1. The van der Waals surface area contributed by atoms with Gasteiger partial charge in [-0.2, -0.15) is 0 Å². The number of hydrogen-bond donors (Lipinski definition) is 2. The van der Waals surface area contributed by atoms with E-state index in [-0.39, 0.29) is 0 Å². The van der Waals surface area contributed by atoms with Gasteiger partial charge in [0.05, 0.1) is 6.10 Å². The van der Waals surface area contributed by atoms with Gasteiger partial charge in [-0.15, -0.1) is 0 Å². The quantitative estimate of drug-likeness (QED) is 0.664. The van der Waals surface area contributed by atoms with Crippen molar-refractivity contribution in [3.05, 3.63) is 0 Å². The maximum absolute atomic E-state index is 11.0. The van der Waals surface area contributed by atoms with Gasteiger partial charge < -0.3 is 15.1 Å². The minimum absolute atomic E-state index is 0.355. The van der Waals surface area contributed by atoms with Crippen molar-refractivity contribution in [3.8, 4) is 0 Å². The third-order valence-electron chi connectivity index (χ3n) is 3.26. The minimum Gasteiger partial charge on any atom is -0.480 e. The van der Waals surface area contributed by atoms with Crippen LogP contribution in [0.3, 0.4) is 0 Å². The van der Waals surface area contributed by atoms with E-state index < -0.39 is 18.1 Å². The number of carbonyl (C=O) groups is 1. The van der Waals surface area contributed by atoms with Crippen LogP contribution >= 0.6 is 0 Å². The molecule has 1 fully saturated rings. The molecule has 0 spiro atoms. The molecule has 0 aromatic rings. The van der Waals surface area contributed by atoms with Gasteiger partial charge >= 0.3 is 5.97 Å². The molecule has 0 aromatic carbocycles. The van der Waals surface area contributed by atoms with Crippen molar-refractivity contribution >= 4 is 5.97 Å². The molecule has 2 unspecified atom stereocenters. The van der Waals surface area contributed by atoms with Crippen molar-refractivity contribution in [3.63, 3.8) is 0 Å². The Morgan fingerprint density at radius 2 is 2.06 bits per heavy atom. The number of aliphatic hydroxyl groups is 1. The topological polar surface area (TPSA) is 64.0 Å². The van der Waals surface area contributed by atoms with Crippen molar-refractivity contribution < 1.29 is 15.0 Å². The maximum Gasteiger partial charge on any atom is 0.321 e. The number of rotatable bonds is 6. The molecule has 0 amide bonds. The number of hydrogen-bond acceptors (Lipinski definition) is 4. The van der Waals surface area contributed by atoms with E-state index in [1.165, 1.54) is 0 Å². The van der Waals surface area contributed by atoms with E-state index in [0.717, 1.165) is 26.2 Å². The molecule has 0 aliphatic carbocycles. The van der Waals surface area contributed by atoms with E-state index >= 15 is 0 Å². The molecule has 2 atom stereocenters. The highest BCUT2D eigenvalue weighted by Gasteiger charge is 2.35. The first-order chi connectivity index (χ1) is 7.58. The number of β-amino-alcohol motifs (C(OH)–C–C–N with tert-alkyl or cyclic N) is 1. The second-order valence-corrected chi connectivity index (χ2v) is 4.27. The summed E-state index contributed by atoms with van der Waals surface area (Å²) >= 11 is 0. The van der Waals surface area contributed by atoms with E-state index in [1.807, 2.05) is 4.90 Å². The number of likely N-dealkylation sites (tertiary alicyclic amines) is 1. The Balaban J connectivity index is 2.43. The lowest BCUT2D eigenvalue weighted by Gasteiger charge is -2.25. The molecule has 0 radical (unpaired) electrons. The predicted molar refractivity (Wildman–Crippen MR) is 61.4 cm³/mol. The Hall–Kier alpha value is -0.650. The zero-order valence-corrected chi connectivity index (χ0v) is 10.1. The van der Waals surface area contributed by atoms with Crippen molar-refractivity contribution in [2.24, 2.45) is 0 Å². The van der Waals surface area contributed by atoms with Crippen molar-refractivity contribution in [2.75, 3.05) is 32.7 Å². The largest absolute Gasteiger partial charge is 0.480 e. The van der Waals surface area contributed by atoms with E-state index in [4.69, 9.17) is 5.11 Å². The Kier molecular flexibility index (Phi) is 5.18. The zero-order valence-electron chi connectivity index (χ0n) is 10.1. The molecule has 1 heterocycles. The van der Waals surface area contributed by atoms with Crippen LogP contribution in [0.15, 0.2) is 0 Å². The molecule has 0 aromatic heterocycles. The number of likely N-dealkylation sites (N-methyl/N-ethyl adjacent to an activating group) is 1. The second-order valence-electron chi connectivity index (χ2n) is 4.27. The monoisotopic (exact) mass is 230 g/mol. The average Bonchev–Trinajstić information content (AvgIpc) is 2.61. The summed E-state index contributed by atoms with van der Waals surface area (Å²) in [5.41, 5.74) is 0. The van der Waals surface area contributed by atoms with Gasteiger partial charge in [-0.25, -0.2) is 0 Å². The summed E-state index contributed by atoms with van der Waals surface area (Å²) < 4.78 is 0. The van der Waals surface area contributed by atoms with Gasteiger partial charge in [0.2, 0.25) is 0 Å². The fraction of sp³-hybridized carbons (Fsp3) is 0.909. The van der Waals surface area contributed by atoms with Gasteiger partial charge in [0.25, 0.3) is 0 Å². The molecule has 0 bridgehead atoms. The molecule has 1 saturated heterocycles. The molecule has 2 N–H and O–H groups in total. The Morgan fingerprint density at radius 1 is 1.44 bits per heavy atom. The highest BCUT2D eigenvalue weighted by atomic mass is 16.4. The maximum atomic E-state index is 11.0. The first-order valence-electron chi connectivity index (χ1n) is 5.95. The van der Waals surface area contributed by atoms with Gasteiger partial charge in [-0.3, -0.25) is 9.69 Å². The van der Waals surface area contributed by atoms with Crippen LogP contribution in [0, 0.1) is 0 Å². The Morgan fingerprint density at radius 3 is 2.56 bits per heavy atom. The van der Waals surface area contributed by atoms with E-state index in [9.17, 15) is 9.90 Å². The summed E-state index contributed by atoms with van der Waals surface area (Å²) in [6, 6.07) is -0.509. The van der Waals surface area contributed by atoms with Crippen LogP contribution in [0.5, 0.6) is 0 Å². The molecular formula is C11H22N2O3. The second kappa shape index (κ2) is 6.18. The standard InChI is InChI=1S/C11H22N2O3/c1-3-12(4-2)5-6-13-8-9(14)7-10(13)11(15)16/h9-10,14H,3-8H2,1-2H3,(H,15,16). The highest BCUT2D eigenvalue weighted by Crippen LogP contribution is 2.17. The van der Waals surface area contributed by atoms with Gasteiger partial charge in [0.15, 0.2) is 0 Å². The first-order valence-corrected chi connectivity index (χ1v) is 5.95. The average molecular weight is 230 g/mol. The fourth-order valence-electron chi connectivity index (χ4n) is 2.19. The number of aliphatic carboxylic acids is 1. The van der Waals surface area contributed by atoms with Gasteiger partial charge in [0.1, 0.15) is 6.04 Å². The van der Waals surface area contributed by atoms with Crippen LogP contribution in [0.25, 0.3) is 0 Å². The smallest absolute Gasteiger partial charge is 0.321 e. The number of carboxylic acid groups (broad SMARTS) is 1. The molecule has 1 aliphatic heterocycles. The Labute approximate surface area is 96.7 Å². The molecule has 16 heavy (non-hydrogen) atoms. The number of nitrogens with zero attached hydrogens (tertiary/aromatic N) is 2. The van der Waals surface area contributed by atoms with Crippen LogP contribution in [0.1, 0.15) is 20.3 Å². The summed E-state index contributed by atoms with van der Waals surface area (Å²) in [4.78, 5) is 15.1. The highest BCUT2D eigenvalue weighted by molar-refractivity contribution is 5.74. The summed E-state index contributed by atoms with van der Waals surface area (Å²) in [5.74, 6) is -0.823. The minimum atomic E-state index is -0.823. The summed E-state index contributed by atoms with van der Waals surface area (Å²) in [5, 5.41) is 18.5. The third-order valence-corrected chi connectivity index (χ3v) is 3.26. The van der Waals surface area contributed by atoms with Crippen LogP contribution in [-0.4, -0.2) is 70.9 Å². The van der Waals surface area contributed by atoms with Crippen molar-refractivity contribution in [2.45, 2.75) is 32.4 Å². The lowest BCUT2D eigenvalue weighted by Crippen LogP contribution is -2.41. The van der Waals surface area contributed by atoms with Gasteiger partial charge in [0, 0.05) is 26.1 Å². The SMILES string of the molecule is CCN(CC)CCN1CC(O)CC1C(=O)O. The first kappa shape index (κ1) is 13.4. The van der Waals surface area contributed by atoms with Crippen molar-refractivity contribution in [1.82, 2.24) is 9.80 Å². The molecule has 0 saturated carbocycles. The molecular weight excluding hydrogens is 208 g/mol. The molecule has 1 aliphatic rings. The van der Waals surface area contributed by atoms with Crippen LogP contribution in [0.2, 0.25) is 0 Å². The van der Waals surface area contributed by atoms with Crippen LogP contribution in [-0.2, 0) is 4.79 Å². The summed E-state index contributed by atoms with van der Waals surface area (Å²) in [7, 11) is 0. The normalized spacial score (nSPS) is 26.5. The van der Waals surface area contributed by atoms with Crippen LogP contribution < -0.4 is 0 Å². The fourth-order valence-corrected chi connectivity index (χ4v) is 2.19. The van der Waals surface area contributed by atoms with E-state index in [1.54, 1.807) is 0 Å². The Bertz CT molecular complexity index is 231. The lowest BCUT2D eigenvalue weighted by molar-refractivity contribution is -0.142. The molecule has 94 valence electrons. The molecule has 1 rings (SSSR count). The lowest BCUT2D eigenvalue weighted by atomic mass is 10.2. The van der Waals surface area contributed by atoms with E-state index in [2.05, 4.69) is 18.7 Å². The summed E-state index contributed by atoms with van der Waals surface area (Å²) in [6.07, 6.45) is -0.133. The summed E-state index contributed by atoms with van der Waals surface area (Å²) in [6.45, 7) is 8.21. The zero-order chi connectivity index (χ0) is 12.1. The van der Waals surface area contributed by atoms with Crippen LogP contribution in [0.4, 0.5) is 0 Å². The number of aliphatic hydroxyl groups excluding tert-OH is 1. The third kappa shape index (κ3) is 3.43. The molecule has 5 heteroatoms. The van der Waals surface area contributed by atoms with Crippen molar-refractivity contribution in [1.29, 1.82) is 0 Å². The van der Waals surface area contributed by atoms with E-state index in [0.29, 0.717) is 13.0 Å². The van der Waals surface area contributed by atoms with Gasteiger partial charge in [-0.05, 0) is 13.1 Å².